The van der Waals surface area contributed by atoms with Gasteiger partial charge in [0.25, 0.3) is 0 Å². The summed E-state index contributed by atoms with van der Waals surface area (Å²) in [5.74, 6) is 0.248. The maximum Gasteiger partial charge on any atom is 0.308 e. The molecule has 0 aromatic heterocycles. The first-order valence-electron chi connectivity index (χ1n) is 23.7. The van der Waals surface area contributed by atoms with Crippen molar-refractivity contribution in [3.8, 4) is 0 Å². The van der Waals surface area contributed by atoms with Gasteiger partial charge in [0, 0.05) is 6.04 Å². The lowest BCUT2D eigenvalue weighted by atomic mass is 9.94. The molecule has 0 fully saturated rings. The van der Waals surface area contributed by atoms with Crippen molar-refractivity contribution in [1.29, 1.82) is 0 Å². The van der Waals surface area contributed by atoms with Gasteiger partial charge in [0.15, 0.2) is 0 Å². The first kappa shape index (κ1) is 51.9. The molecule has 53 heavy (non-hydrogen) atoms. The Hall–Kier alpha value is -1.14. The quantitative estimate of drug-likeness (QED) is 0.0494. The van der Waals surface area contributed by atoms with Crippen LogP contribution in [0.5, 0.6) is 0 Å². The zero-order chi connectivity index (χ0) is 39.0. The SMILES string of the molecule is CCCCCCCCC(CCCCC)C(=O)OCCCCCCN(CCCCCCOC(=O)C(CCCCCC)CCCCCCCC)C(CC)CO. The largest absolute Gasteiger partial charge is 0.465 e. The minimum atomic E-state index is 0.0400. The summed E-state index contributed by atoms with van der Waals surface area (Å²) in [6.07, 6.45) is 36.9. The number of carbonyl (C=O) groups excluding carboxylic acids is 2. The molecule has 0 bridgehead atoms. The Morgan fingerprint density at radius 1 is 0.434 bits per heavy atom. The maximum absolute atomic E-state index is 13.0. The molecule has 0 rings (SSSR count). The monoisotopic (exact) mass is 752 g/mol. The third-order valence-electron chi connectivity index (χ3n) is 11.4. The fourth-order valence-corrected chi connectivity index (χ4v) is 7.66. The van der Waals surface area contributed by atoms with Crippen LogP contribution in [0.3, 0.4) is 0 Å². The second-order valence-electron chi connectivity index (χ2n) is 16.3. The lowest BCUT2D eigenvalue weighted by Crippen LogP contribution is -2.39. The molecule has 0 heterocycles. The van der Waals surface area contributed by atoms with Crippen molar-refractivity contribution >= 4 is 11.9 Å². The van der Waals surface area contributed by atoms with E-state index in [0.29, 0.717) is 13.2 Å². The van der Waals surface area contributed by atoms with Crippen molar-refractivity contribution in [1.82, 2.24) is 4.90 Å². The molecule has 0 aliphatic carbocycles. The minimum Gasteiger partial charge on any atom is -0.465 e. The van der Waals surface area contributed by atoms with Crippen LogP contribution in [0.4, 0.5) is 0 Å². The van der Waals surface area contributed by atoms with Crippen LogP contribution in [0.15, 0.2) is 0 Å². The Bertz CT molecular complexity index is 772. The predicted octanol–water partition coefficient (Wildman–Crippen LogP) is 13.6. The molecular formula is C47H93NO5. The van der Waals surface area contributed by atoms with E-state index in [1.807, 2.05) is 0 Å². The van der Waals surface area contributed by atoms with Crippen LogP contribution in [0, 0.1) is 11.8 Å². The van der Waals surface area contributed by atoms with Crippen molar-refractivity contribution in [3.63, 3.8) is 0 Å². The molecule has 1 N–H and O–H groups in total. The zero-order valence-corrected chi connectivity index (χ0v) is 36.4. The number of aliphatic hydroxyl groups is 1. The van der Waals surface area contributed by atoms with Gasteiger partial charge in [-0.25, -0.2) is 0 Å². The molecule has 0 radical (unpaired) electrons. The number of hydrogen-bond acceptors (Lipinski definition) is 6. The van der Waals surface area contributed by atoms with E-state index in [-0.39, 0.29) is 36.4 Å². The Labute approximate surface area is 331 Å². The van der Waals surface area contributed by atoms with Crippen molar-refractivity contribution < 1.29 is 24.2 Å². The molecule has 3 unspecified atom stereocenters. The summed E-state index contributed by atoms with van der Waals surface area (Å²) in [5.41, 5.74) is 0. The number of carbonyl (C=O) groups is 2. The second kappa shape index (κ2) is 40.5. The van der Waals surface area contributed by atoms with Gasteiger partial charge in [0.05, 0.1) is 31.7 Å². The van der Waals surface area contributed by atoms with E-state index in [1.54, 1.807) is 0 Å². The van der Waals surface area contributed by atoms with Crippen molar-refractivity contribution in [2.45, 2.75) is 246 Å². The standard InChI is InChI=1S/C47H93NO5/c1-6-11-15-18-20-28-36-43(34-26-14-9-4)46(50)52-40-32-24-22-30-38-48(45(10-5)42-49)39-31-23-25-33-41-53-47(51)44(35-27-17-13-8-3)37-29-21-19-16-12-7-2/h43-45,49H,6-42H2,1-5H3. The lowest BCUT2D eigenvalue weighted by Gasteiger charge is -2.30. The van der Waals surface area contributed by atoms with Crippen LogP contribution in [-0.4, -0.2) is 60.9 Å². The van der Waals surface area contributed by atoms with Crippen LogP contribution >= 0.6 is 0 Å². The second-order valence-corrected chi connectivity index (χ2v) is 16.3. The highest BCUT2D eigenvalue weighted by atomic mass is 16.5. The van der Waals surface area contributed by atoms with Gasteiger partial charge in [-0.2, -0.15) is 0 Å². The van der Waals surface area contributed by atoms with Crippen LogP contribution < -0.4 is 0 Å². The third kappa shape index (κ3) is 31.7. The number of aliphatic hydroxyl groups excluding tert-OH is 1. The zero-order valence-electron chi connectivity index (χ0n) is 36.4. The average Bonchev–Trinajstić information content (AvgIpc) is 3.16. The van der Waals surface area contributed by atoms with E-state index >= 15 is 0 Å². The van der Waals surface area contributed by atoms with E-state index in [1.165, 1.54) is 96.3 Å². The first-order chi connectivity index (χ1) is 26.0. The van der Waals surface area contributed by atoms with Crippen molar-refractivity contribution in [3.05, 3.63) is 0 Å². The number of hydrogen-bond donors (Lipinski definition) is 1. The van der Waals surface area contributed by atoms with Crippen molar-refractivity contribution in [2.75, 3.05) is 32.9 Å². The molecule has 6 nitrogen and oxygen atoms in total. The molecular weight excluding hydrogens is 659 g/mol. The fraction of sp³-hybridized carbons (Fsp3) is 0.957. The predicted molar refractivity (Wildman–Crippen MR) is 227 cm³/mol. The highest BCUT2D eigenvalue weighted by Crippen LogP contribution is 2.22. The molecule has 0 amide bonds. The average molecular weight is 752 g/mol. The van der Waals surface area contributed by atoms with Crippen LogP contribution in [0.1, 0.15) is 240 Å². The number of rotatable bonds is 42. The number of ether oxygens (including phenoxy) is 2. The molecule has 3 atom stereocenters. The molecule has 0 aromatic carbocycles. The molecule has 6 heteroatoms. The third-order valence-corrected chi connectivity index (χ3v) is 11.4. The summed E-state index contributed by atoms with van der Waals surface area (Å²) in [6, 6.07) is 0.217. The summed E-state index contributed by atoms with van der Waals surface area (Å²) in [4.78, 5) is 28.4. The van der Waals surface area contributed by atoms with Crippen LogP contribution in [-0.2, 0) is 19.1 Å². The smallest absolute Gasteiger partial charge is 0.308 e. The molecule has 0 spiro atoms. The normalized spacial score (nSPS) is 13.3. The lowest BCUT2D eigenvalue weighted by molar-refractivity contribution is -0.150. The van der Waals surface area contributed by atoms with Crippen LogP contribution in [0.2, 0.25) is 0 Å². The van der Waals surface area contributed by atoms with Gasteiger partial charge in [-0.3, -0.25) is 14.5 Å². The van der Waals surface area contributed by atoms with Crippen LogP contribution in [0.25, 0.3) is 0 Å². The number of nitrogens with zero attached hydrogens (tertiary/aromatic N) is 1. The van der Waals surface area contributed by atoms with Gasteiger partial charge in [-0.1, -0.05) is 182 Å². The van der Waals surface area contributed by atoms with Gasteiger partial charge < -0.3 is 14.6 Å². The van der Waals surface area contributed by atoms with Gasteiger partial charge in [-0.15, -0.1) is 0 Å². The molecule has 0 saturated carbocycles. The molecule has 0 aliphatic heterocycles. The van der Waals surface area contributed by atoms with Gasteiger partial charge >= 0.3 is 11.9 Å². The Morgan fingerprint density at radius 3 is 1.11 bits per heavy atom. The Kier molecular flexibility index (Phi) is 39.6. The summed E-state index contributed by atoms with van der Waals surface area (Å²) in [7, 11) is 0. The molecule has 316 valence electrons. The summed E-state index contributed by atoms with van der Waals surface area (Å²) < 4.78 is 11.6. The molecule has 0 aliphatic rings. The van der Waals surface area contributed by atoms with Gasteiger partial charge in [0.2, 0.25) is 0 Å². The van der Waals surface area contributed by atoms with E-state index in [2.05, 4.69) is 39.5 Å². The maximum atomic E-state index is 13.0. The minimum absolute atomic E-state index is 0.0400. The Morgan fingerprint density at radius 2 is 0.736 bits per heavy atom. The van der Waals surface area contributed by atoms with Gasteiger partial charge in [0.1, 0.15) is 0 Å². The fourth-order valence-electron chi connectivity index (χ4n) is 7.66. The van der Waals surface area contributed by atoms with E-state index in [0.717, 1.165) is 122 Å². The molecule has 0 saturated heterocycles. The number of unbranched alkanes of at least 4 members (excludes halogenated alkanes) is 21. The summed E-state index contributed by atoms with van der Waals surface area (Å²) >= 11 is 0. The highest BCUT2D eigenvalue weighted by Gasteiger charge is 2.21. The van der Waals surface area contributed by atoms with E-state index < -0.39 is 0 Å². The Balaban J connectivity index is 4.38. The van der Waals surface area contributed by atoms with E-state index in [9.17, 15) is 14.7 Å². The summed E-state index contributed by atoms with van der Waals surface area (Å²) in [5, 5.41) is 10.1. The number of esters is 2. The van der Waals surface area contributed by atoms with Crippen molar-refractivity contribution in [2.24, 2.45) is 11.8 Å². The summed E-state index contributed by atoms with van der Waals surface area (Å²) in [6.45, 7) is 14.4. The highest BCUT2D eigenvalue weighted by molar-refractivity contribution is 5.72. The molecule has 0 aromatic rings. The first-order valence-corrected chi connectivity index (χ1v) is 23.7. The van der Waals surface area contributed by atoms with Gasteiger partial charge in [-0.05, 0) is 70.9 Å². The van der Waals surface area contributed by atoms with E-state index in [4.69, 9.17) is 9.47 Å². The topological polar surface area (TPSA) is 76.1 Å².